The molecular weight excluding hydrogens is 304 g/mol. The van der Waals surface area contributed by atoms with Crippen LogP contribution >= 0.6 is 0 Å². The fourth-order valence-corrected chi connectivity index (χ4v) is 2.58. The monoisotopic (exact) mass is 324 g/mol. The minimum absolute atomic E-state index is 0.117. The number of benzene rings is 2. The lowest BCUT2D eigenvalue weighted by Crippen LogP contribution is -1.91. The molecule has 0 amide bonds. The number of nitrogens with one attached hydrogen (secondary N) is 1. The molecule has 0 radical (unpaired) electrons. The van der Waals surface area contributed by atoms with Crippen molar-refractivity contribution < 1.29 is 14.6 Å². The molecule has 0 spiro atoms. The van der Waals surface area contributed by atoms with Crippen LogP contribution in [-0.4, -0.2) is 37.1 Å². The van der Waals surface area contributed by atoms with E-state index in [0.29, 0.717) is 12.1 Å². The van der Waals surface area contributed by atoms with Gasteiger partial charge in [0.15, 0.2) is 5.88 Å². The number of rotatable bonds is 6. The second kappa shape index (κ2) is 7.08. The van der Waals surface area contributed by atoms with Gasteiger partial charge in [0.05, 0.1) is 19.8 Å². The smallest absolute Gasteiger partial charge is 0.198 e. The van der Waals surface area contributed by atoms with Crippen LogP contribution in [0.4, 0.5) is 0 Å². The number of hydrogen-bond donors (Lipinski definition) is 2. The zero-order valence-electron chi connectivity index (χ0n) is 13.7. The Bertz CT molecular complexity index is 851. The molecular formula is C19H20N2O3. The van der Waals surface area contributed by atoms with E-state index in [0.717, 1.165) is 28.8 Å². The lowest BCUT2D eigenvalue weighted by atomic mass is 10.1. The first-order chi connectivity index (χ1) is 11.7. The molecule has 0 bridgehead atoms. The fourth-order valence-electron chi connectivity index (χ4n) is 2.58. The van der Waals surface area contributed by atoms with Gasteiger partial charge in [-0.15, -0.1) is 0 Å². The molecule has 1 aromatic heterocycles. The molecule has 0 unspecified atom stereocenters. The maximum atomic E-state index is 10.1. The SMILES string of the molecule is COc1ccc(CCN=Cc2c(O)[nH]c3ccc(OC)cc23)cc1. The van der Waals surface area contributed by atoms with Crippen molar-refractivity contribution >= 4 is 17.1 Å². The lowest BCUT2D eigenvalue weighted by molar-refractivity contribution is 0.414. The van der Waals surface area contributed by atoms with Gasteiger partial charge in [-0.05, 0) is 42.3 Å². The fraction of sp³-hybridized carbons (Fsp3) is 0.211. The first-order valence-electron chi connectivity index (χ1n) is 7.72. The van der Waals surface area contributed by atoms with Crippen LogP contribution in [0.2, 0.25) is 0 Å². The minimum atomic E-state index is 0.117. The van der Waals surface area contributed by atoms with Crippen molar-refractivity contribution in [3.8, 4) is 17.4 Å². The molecule has 0 saturated carbocycles. The Labute approximate surface area is 140 Å². The second-order valence-electron chi connectivity index (χ2n) is 5.43. The molecule has 1 heterocycles. The van der Waals surface area contributed by atoms with E-state index in [9.17, 15) is 5.11 Å². The Hall–Kier alpha value is -2.95. The van der Waals surface area contributed by atoms with Gasteiger partial charge in [-0.25, -0.2) is 0 Å². The molecule has 5 nitrogen and oxygen atoms in total. The van der Waals surface area contributed by atoms with Crippen LogP contribution in [0.5, 0.6) is 17.4 Å². The number of nitrogens with zero attached hydrogens (tertiary/aromatic N) is 1. The van der Waals surface area contributed by atoms with Crippen molar-refractivity contribution in [2.75, 3.05) is 20.8 Å². The number of aromatic nitrogens is 1. The summed E-state index contributed by atoms with van der Waals surface area (Å²) in [4.78, 5) is 7.39. The van der Waals surface area contributed by atoms with Crippen LogP contribution in [0, 0.1) is 0 Å². The lowest BCUT2D eigenvalue weighted by Gasteiger charge is -2.01. The number of methoxy groups -OCH3 is 2. The highest BCUT2D eigenvalue weighted by Gasteiger charge is 2.09. The number of aromatic amines is 1. The van der Waals surface area contributed by atoms with Gasteiger partial charge in [0.1, 0.15) is 11.5 Å². The molecule has 5 heteroatoms. The van der Waals surface area contributed by atoms with Gasteiger partial charge < -0.3 is 19.6 Å². The van der Waals surface area contributed by atoms with Gasteiger partial charge in [-0.1, -0.05) is 12.1 Å². The highest BCUT2D eigenvalue weighted by Crippen LogP contribution is 2.28. The van der Waals surface area contributed by atoms with Crippen LogP contribution in [0.1, 0.15) is 11.1 Å². The number of fused-ring (bicyclic) bond motifs is 1. The van der Waals surface area contributed by atoms with Crippen molar-refractivity contribution in [3.63, 3.8) is 0 Å². The van der Waals surface area contributed by atoms with E-state index in [2.05, 4.69) is 9.98 Å². The highest BCUT2D eigenvalue weighted by atomic mass is 16.5. The Balaban J connectivity index is 1.71. The normalized spacial score (nSPS) is 11.2. The molecule has 0 aliphatic rings. The topological polar surface area (TPSA) is 66.8 Å². The zero-order chi connectivity index (χ0) is 16.9. The summed E-state index contributed by atoms with van der Waals surface area (Å²) in [5.74, 6) is 1.71. The van der Waals surface area contributed by atoms with Gasteiger partial charge in [0, 0.05) is 23.7 Å². The summed E-state index contributed by atoms with van der Waals surface area (Å²) in [6.07, 6.45) is 2.53. The van der Waals surface area contributed by atoms with Crippen LogP contribution in [0.15, 0.2) is 47.5 Å². The van der Waals surface area contributed by atoms with Crippen LogP contribution in [0.25, 0.3) is 10.9 Å². The number of H-pyrrole nitrogens is 1. The second-order valence-corrected chi connectivity index (χ2v) is 5.43. The van der Waals surface area contributed by atoms with Gasteiger partial charge in [-0.2, -0.15) is 0 Å². The maximum absolute atomic E-state index is 10.1. The van der Waals surface area contributed by atoms with E-state index in [4.69, 9.17) is 9.47 Å². The summed E-state index contributed by atoms with van der Waals surface area (Å²) < 4.78 is 10.4. The third kappa shape index (κ3) is 3.35. The number of aliphatic imine (C=N–C) groups is 1. The summed E-state index contributed by atoms with van der Waals surface area (Å²) >= 11 is 0. The minimum Gasteiger partial charge on any atom is -0.497 e. The quantitative estimate of drug-likeness (QED) is 0.681. The summed E-state index contributed by atoms with van der Waals surface area (Å²) in [6, 6.07) is 13.6. The predicted octanol–water partition coefficient (Wildman–Crippen LogP) is 3.55. The average Bonchev–Trinajstić information content (AvgIpc) is 2.93. The molecule has 3 rings (SSSR count). The highest BCUT2D eigenvalue weighted by molar-refractivity contribution is 6.02. The van der Waals surface area contributed by atoms with E-state index in [-0.39, 0.29) is 5.88 Å². The van der Waals surface area contributed by atoms with Gasteiger partial charge in [-0.3, -0.25) is 4.99 Å². The summed E-state index contributed by atoms with van der Waals surface area (Å²) in [7, 11) is 3.28. The number of aromatic hydroxyl groups is 1. The van der Waals surface area contributed by atoms with Crippen LogP contribution < -0.4 is 9.47 Å². The molecule has 0 saturated heterocycles. The molecule has 2 aromatic carbocycles. The Kier molecular flexibility index (Phi) is 4.70. The van der Waals surface area contributed by atoms with Gasteiger partial charge in [0.25, 0.3) is 0 Å². The van der Waals surface area contributed by atoms with Crippen molar-refractivity contribution in [3.05, 3.63) is 53.6 Å². The molecule has 0 aliphatic carbocycles. The molecule has 24 heavy (non-hydrogen) atoms. The van der Waals surface area contributed by atoms with Crippen LogP contribution in [0.3, 0.4) is 0 Å². The standard InChI is InChI=1S/C19H20N2O3/c1-23-14-5-3-13(4-6-14)9-10-20-12-17-16-11-15(24-2)7-8-18(16)21-19(17)22/h3-8,11-12,21-22H,9-10H2,1-2H3. The van der Waals surface area contributed by atoms with E-state index in [1.165, 1.54) is 5.56 Å². The molecule has 2 N–H and O–H groups in total. The Morgan fingerprint density at radius 1 is 1.04 bits per heavy atom. The van der Waals surface area contributed by atoms with E-state index in [1.54, 1.807) is 20.4 Å². The zero-order valence-corrected chi connectivity index (χ0v) is 13.7. The summed E-state index contributed by atoms with van der Waals surface area (Å²) in [5, 5.41) is 11.0. The predicted molar refractivity (Wildman–Crippen MR) is 95.7 cm³/mol. The number of hydrogen-bond acceptors (Lipinski definition) is 4. The molecule has 0 fully saturated rings. The molecule has 124 valence electrons. The summed E-state index contributed by atoms with van der Waals surface area (Å²) in [6.45, 7) is 0.641. The third-order valence-corrected chi connectivity index (χ3v) is 3.93. The van der Waals surface area contributed by atoms with E-state index in [1.807, 2.05) is 42.5 Å². The molecule has 0 atom stereocenters. The van der Waals surface area contributed by atoms with Crippen molar-refractivity contribution in [2.24, 2.45) is 4.99 Å². The first kappa shape index (κ1) is 15.9. The first-order valence-corrected chi connectivity index (χ1v) is 7.72. The van der Waals surface area contributed by atoms with Crippen LogP contribution in [-0.2, 0) is 6.42 Å². The van der Waals surface area contributed by atoms with Gasteiger partial charge in [0.2, 0.25) is 0 Å². The van der Waals surface area contributed by atoms with Crippen molar-refractivity contribution in [1.82, 2.24) is 4.98 Å². The van der Waals surface area contributed by atoms with E-state index >= 15 is 0 Å². The maximum Gasteiger partial charge on any atom is 0.198 e. The Morgan fingerprint density at radius 2 is 1.75 bits per heavy atom. The van der Waals surface area contributed by atoms with Crippen molar-refractivity contribution in [2.45, 2.75) is 6.42 Å². The third-order valence-electron chi connectivity index (χ3n) is 3.93. The average molecular weight is 324 g/mol. The molecule has 0 aliphatic heterocycles. The molecule has 3 aromatic rings. The van der Waals surface area contributed by atoms with Gasteiger partial charge >= 0.3 is 0 Å². The largest absolute Gasteiger partial charge is 0.497 e. The van der Waals surface area contributed by atoms with Crippen molar-refractivity contribution in [1.29, 1.82) is 0 Å². The Morgan fingerprint density at radius 3 is 2.46 bits per heavy atom. The van der Waals surface area contributed by atoms with E-state index < -0.39 is 0 Å². The summed E-state index contributed by atoms with van der Waals surface area (Å²) in [5.41, 5.74) is 2.72. The number of ether oxygens (including phenoxy) is 2.